The maximum atomic E-state index is 12.5. The normalized spacial score (nSPS) is 14.6. The molecule has 0 aromatic heterocycles. The fourth-order valence-corrected chi connectivity index (χ4v) is 5.67. The van der Waals surface area contributed by atoms with E-state index in [1.807, 2.05) is 12.2 Å². The van der Waals surface area contributed by atoms with E-state index in [0.29, 0.717) is 12.8 Å². The number of ether oxygens (including phenoxy) is 2. The number of rotatable bonds is 37. The molecule has 0 heterocycles. The van der Waals surface area contributed by atoms with Crippen LogP contribution < -0.4 is 0 Å². The van der Waals surface area contributed by atoms with Crippen LogP contribution in [0.25, 0.3) is 0 Å². The van der Waals surface area contributed by atoms with Gasteiger partial charge in [-0.3, -0.25) is 18.6 Å². The Bertz CT molecular complexity index is 1390. The van der Waals surface area contributed by atoms with Gasteiger partial charge in [0.05, 0.1) is 13.2 Å². The van der Waals surface area contributed by atoms with Gasteiger partial charge in [0.15, 0.2) is 6.10 Å². The second-order valence-electron chi connectivity index (χ2n) is 13.2. The molecule has 2 atom stereocenters. The molecule has 0 aliphatic carbocycles. The van der Waals surface area contributed by atoms with Gasteiger partial charge in [0, 0.05) is 12.8 Å². The van der Waals surface area contributed by atoms with E-state index in [2.05, 4.69) is 135 Å². The summed E-state index contributed by atoms with van der Waals surface area (Å²) in [6.07, 6.45) is 60.9. The van der Waals surface area contributed by atoms with Gasteiger partial charge in [0.2, 0.25) is 0 Å². The predicted molar refractivity (Wildman–Crippen MR) is 243 cm³/mol. The van der Waals surface area contributed by atoms with Crippen LogP contribution in [0.3, 0.4) is 0 Å². The fourth-order valence-electron chi connectivity index (χ4n) is 4.91. The minimum Gasteiger partial charge on any atom is -0.462 e. The van der Waals surface area contributed by atoms with Gasteiger partial charge in [-0.25, -0.2) is 4.57 Å². The third-order valence-electron chi connectivity index (χ3n) is 7.97. The topological polar surface area (TPSA) is 108 Å². The number of phosphoric ester groups is 1. The molecule has 2 unspecified atom stereocenters. The molecule has 0 amide bonds. The third-order valence-corrected chi connectivity index (χ3v) is 9.03. The molecular formula is C49H75O8P. The van der Waals surface area contributed by atoms with Crippen molar-refractivity contribution in [3.05, 3.63) is 134 Å². The van der Waals surface area contributed by atoms with Gasteiger partial charge in [-0.1, -0.05) is 154 Å². The van der Waals surface area contributed by atoms with Crippen LogP contribution in [-0.4, -0.2) is 42.8 Å². The highest BCUT2D eigenvalue weighted by atomic mass is 31.2. The highest BCUT2D eigenvalue weighted by Crippen LogP contribution is 2.43. The van der Waals surface area contributed by atoms with E-state index in [1.54, 1.807) is 6.92 Å². The lowest BCUT2D eigenvalue weighted by atomic mass is 10.1. The molecule has 0 fully saturated rings. The van der Waals surface area contributed by atoms with Crippen molar-refractivity contribution in [1.82, 2.24) is 0 Å². The van der Waals surface area contributed by atoms with Crippen LogP contribution in [0, 0.1) is 0 Å². The van der Waals surface area contributed by atoms with Gasteiger partial charge < -0.3 is 14.4 Å². The number of hydrogen-bond acceptors (Lipinski definition) is 7. The van der Waals surface area contributed by atoms with Crippen molar-refractivity contribution in [2.45, 2.75) is 142 Å². The summed E-state index contributed by atoms with van der Waals surface area (Å²) >= 11 is 0. The molecular weight excluding hydrogens is 748 g/mol. The number of allylic oxidation sites excluding steroid dienone is 22. The maximum absolute atomic E-state index is 12.5. The number of phosphoric acid groups is 1. The van der Waals surface area contributed by atoms with E-state index >= 15 is 0 Å². The average molecular weight is 823 g/mol. The van der Waals surface area contributed by atoms with E-state index < -0.39 is 32.5 Å². The maximum Gasteiger partial charge on any atom is 0.472 e. The quantitative estimate of drug-likeness (QED) is 0.0286. The van der Waals surface area contributed by atoms with Gasteiger partial charge in [-0.05, 0) is 103 Å². The summed E-state index contributed by atoms with van der Waals surface area (Å²) in [5.41, 5.74) is 0. The summed E-state index contributed by atoms with van der Waals surface area (Å²) in [6, 6.07) is 0. The number of hydrogen-bond donors (Lipinski definition) is 1. The summed E-state index contributed by atoms with van der Waals surface area (Å²) in [5.74, 6) is -0.950. The van der Waals surface area contributed by atoms with Crippen LogP contribution in [0.15, 0.2) is 134 Å². The first-order valence-corrected chi connectivity index (χ1v) is 23.0. The lowest BCUT2D eigenvalue weighted by Crippen LogP contribution is -2.29. The van der Waals surface area contributed by atoms with E-state index in [9.17, 15) is 19.0 Å². The SMILES string of the molecule is CC/C=C\C/C=C\C/C=C\C/C=C\C/C=C\C/C=C\CCC(=O)OC(COC(=O)CCCCC/C=C\C/C=C\C/C=C\C/C=C\C/C=C\CC)COP(=O)(O)OCC. The molecule has 0 rings (SSSR count). The molecule has 8 nitrogen and oxygen atoms in total. The van der Waals surface area contributed by atoms with Crippen LogP contribution in [0.4, 0.5) is 0 Å². The second kappa shape index (κ2) is 42.8. The molecule has 0 aromatic rings. The summed E-state index contributed by atoms with van der Waals surface area (Å²) in [5, 5.41) is 0. The van der Waals surface area contributed by atoms with Crippen molar-refractivity contribution in [3.8, 4) is 0 Å². The van der Waals surface area contributed by atoms with Crippen molar-refractivity contribution < 1.29 is 37.6 Å². The molecule has 0 bridgehead atoms. The Balaban J connectivity index is 4.32. The van der Waals surface area contributed by atoms with Crippen molar-refractivity contribution in [3.63, 3.8) is 0 Å². The van der Waals surface area contributed by atoms with Gasteiger partial charge >= 0.3 is 19.8 Å². The molecule has 324 valence electrons. The van der Waals surface area contributed by atoms with Crippen molar-refractivity contribution in [1.29, 1.82) is 0 Å². The number of esters is 2. The van der Waals surface area contributed by atoms with E-state index in [4.69, 9.17) is 18.5 Å². The Labute approximate surface area is 352 Å². The molecule has 0 aliphatic rings. The van der Waals surface area contributed by atoms with Crippen LogP contribution >= 0.6 is 7.82 Å². The van der Waals surface area contributed by atoms with E-state index in [-0.39, 0.29) is 26.1 Å². The third kappa shape index (κ3) is 41.8. The first kappa shape index (κ1) is 54.2. The Kier molecular flexibility index (Phi) is 40.0. The molecule has 0 saturated carbocycles. The van der Waals surface area contributed by atoms with Crippen molar-refractivity contribution in [2.24, 2.45) is 0 Å². The monoisotopic (exact) mass is 823 g/mol. The zero-order valence-corrected chi connectivity index (χ0v) is 36.8. The molecule has 1 N–H and O–H groups in total. The van der Waals surface area contributed by atoms with Gasteiger partial charge in [-0.2, -0.15) is 0 Å². The number of carbonyl (C=O) groups excluding carboxylic acids is 2. The minimum atomic E-state index is -4.32. The van der Waals surface area contributed by atoms with Crippen molar-refractivity contribution in [2.75, 3.05) is 19.8 Å². The molecule has 58 heavy (non-hydrogen) atoms. The van der Waals surface area contributed by atoms with Crippen LogP contribution in [0.5, 0.6) is 0 Å². The lowest BCUT2D eigenvalue weighted by Gasteiger charge is -2.19. The Morgan fingerprint density at radius 2 is 0.862 bits per heavy atom. The lowest BCUT2D eigenvalue weighted by molar-refractivity contribution is -0.161. The average Bonchev–Trinajstić information content (AvgIpc) is 3.20. The predicted octanol–water partition coefficient (Wildman–Crippen LogP) is 13.8. The summed E-state index contributed by atoms with van der Waals surface area (Å²) in [6.45, 7) is 5.08. The summed E-state index contributed by atoms with van der Waals surface area (Å²) in [7, 11) is -4.32. The second-order valence-corrected chi connectivity index (χ2v) is 14.7. The van der Waals surface area contributed by atoms with Gasteiger partial charge in [0.1, 0.15) is 6.61 Å². The molecule has 0 saturated heterocycles. The molecule has 0 aliphatic heterocycles. The first-order chi connectivity index (χ1) is 28.3. The largest absolute Gasteiger partial charge is 0.472 e. The minimum absolute atomic E-state index is 0.0275. The molecule has 0 aromatic carbocycles. The highest BCUT2D eigenvalue weighted by molar-refractivity contribution is 7.47. The van der Waals surface area contributed by atoms with Crippen LogP contribution in [0.1, 0.15) is 136 Å². The Morgan fingerprint density at radius 3 is 1.28 bits per heavy atom. The van der Waals surface area contributed by atoms with E-state index in [0.717, 1.165) is 89.9 Å². The van der Waals surface area contributed by atoms with Gasteiger partial charge in [-0.15, -0.1) is 0 Å². The zero-order valence-electron chi connectivity index (χ0n) is 35.9. The van der Waals surface area contributed by atoms with Crippen LogP contribution in [0.2, 0.25) is 0 Å². The van der Waals surface area contributed by atoms with E-state index in [1.165, 1.54) is 0 Å². The van der Waals surface area contributed by atoms with Gasteiger partial charge in [0.25, 0.3) is 0 Å². The fraction of sp³-hybridized carbons (Fsp3) is 0.510. The summed E-state index contributed by atoms with van der Waals surface area (Å²) in [4.78, 5) is 34.7. The zero-order chi connectivity index (χ0) is 42.5. The number of carbonyl (C=O) groups is 2. The first-order valence-electron chi connectivity index (χ1n) is 21.5. The number of unbranched alkanes of at least 4 members (excludes halogenated alkanes) is 3. The molecule has 0 spiro atoms. The van der Waals surface area contributed by atoms with Crippen molar-refractivity contribution >= 4 is 19.8 Å². The highest BCUT2D eigenvalue weighted by Gasteiger charge is 2.25. The summed E-state index contributed by atoms with van der Waals surface area (Å²) < 4.78 is 32.5. The van der Waals surface area contributed by atoms with Crippen LogP contribution in [-0.2, 0) is 32.7 Å². The Hall–Kier alpha value is -3.81. The Morgan fingerprint density at radius 1 is 0.466 bits per heavy atom. The molecule has 9 heteroatoms. The standard InChI is InChI=1S/C49H75O8P/c1-4-7-9-11-13-15-17-19-21-23-25-27-29-31-33-35-37-39-41-43-48(50)54-45-47(46-56-58(52,53)55-6-3)57-49(51)44-42-40-38-36-34-32-30-28-26-24-22-20-18-16-14-12-10-8-5-2/h7-10,13-16,19-22,25-28,31-34,38,40,47H,4-6,11-12,17-18,23-24,29-30,35-37,39,41-46H2,1-3H3,(H,52,53)/b9-7-,10-8-,15-13-,16-14-,21-19-,22-20-,27-25-,28-26-,33-31-,34-32-,40-38-. The molecule has 0 radical (unpaired) electrons. The smallest absolute Gasteiger partial charge is 0.462 e.